The fourth-order valence-corrected chi connectivity index (χ4v) is 2.78. The maximum atomic E-state index is 7.50. The Hall–Kier alpha value is -2.41. The molecular weight excluding hydrogens is 278 g/mol. The second kappa shape index (κ2) is 6.78. The molecule has 0 aliphatic rings. The van der Waals surface area contributed by atoms with Gasteiger partial charge >= 0.3 is 0 Å². The van der Waals surface area contributed by atoms with Gasteiger partial charge in [-0.05, 0) is 36.4 Å². The van der Waals surface area contributed by atoms with E-state index < -0.39 is 6.85 Å². The molecule has 0 atom stereocenters. The minimum Gasteiger partial charge on any atom is -0.256 e. The molecule has 1 aromatic heterocycles. The van der Waals surface area contributed by atoms with E-state index in [1.54, 1.807) is 12.1 Å². The summed E-state index contributed by atoms with van der Waals surface area (Å²) in [5, 5.41) is 0. The van der Waals surface area contributed by atoms with E-state index in [9.17, 15) is 0 Å². The fraction of sp³-hybridized carbons (Fsp3) is 0.227. The van der Waals surface area contributed by atoms with Crippen molar-refractivity contribution in [3.63, 3.8) is 0 Å². The number of hydrogen-bond donors (Lipinski definition) is 0. The zero-order valence-corrected chi connectivity index (χ0v) is 13.6. The van der Waals surface area contributed by atoms with Crippen molar-refractivity contribution in [3.05, 3.63) is 78.0 Å². The highest BCUT2D eigenvalue weighted by Crippen LogP contribution is 2.28. The summed E-state index contributed by atoms with van der Waals surface area (Å²) in [6.07, 6.45) is 2.90. The Morgan fingerprint density at radius 3 is 2.35 bits per heavy atom. The van der Waals surface area contributed by atoms with Gasteiger partial charge in [0, 0.05) is 21.4 Å². The summed E-state index contributed by atoms with van der Waals surface area (Å²) in [5.41, 5.74) is 5.74. The van der Waals surface area contributed by atoms with Crippen LogP contribution in [0.5, 0.6) is 0 Å². The predicted molar refractivity (Wildman–Crippen MR) is 98.4 cm³/mol. The molecule has 0 unspecified atom stereocenters. The Bertz CT molecular complexity index is 866. The SMILES string of the molecule is [2H]C([2H])([2H])c1ccc(-c2cc(CC(C)C)c(-c3ccccc3)cn2)cc1. The Kier molecular flexibility index (Phi) is 3.56. The zero-order chi connectivity index (χ0) is 18.7. The Balaban J connectivity index is 2.01. The van der Waals surface area contributed by atoms with Crippen molar-refractivity contribution < 1.29 is 4.11 Å². The van der Waals surface area contributed by atoms with Gasteiger partial charge in [-0.15, -0.1) is 0 Å². The summed E-state index contributed by atoms with van der Waals surface area (Å²) < 4.78 is 22.5. The highest BCUT2D eigenvalue weighted by molar-refractivity contribution is 5.70. The highest BCUT2D eigenvalue weighted by atomic mass is 14.7. The summed E-state index contributed by atoms with van der Waals surface area (Å²) in [5.74, 6) is 0.533. The molecule has 0 saturated carbocycles. The van der Waals surface area contributed by atoms with E-state index in [0.29, 0.717) is 11.5 Å². The van der Waals surface area contributed by atoms with Crippen molar-refractivity contribution in [1.82, 2.24) is 4.98 Å². The summed E-state index contributed by atoms with van der Waals surface area (Å²) in [4.78, 5) is 4.64. The average molecular weight is 304 g/mol. The van der Waals surface area contributed by atoms with Crippen molar-refractivity contribution >= 4 is 0 Å². The van der Waals surface area contributed by atoms with Gasteiger partial charge in [-0.3, -0.25) is 4.98 Å². The van der Waals surface area contributed by atoms with E-state index in [-0.39, 0.29) is 0 Å². The normalized spacial score (nSPS) is 13.4. The van der Waals surface area contributed by atoms with E-state index in [4.69, 9.17) is 4.11 Å². The molecule has 0 fully saturated rings. The van der Waals surface area contributed by atoms with Gasteiger partial charge in [0.1, 0.15) is 0 Å². The molecule has 0 amide bonds. The number of benzene rings is 2. The van der Waals surface area contributed by atoms with Crippen LogP contribution in [0.3, 0.4) is 0 Å². The fourth-order valence-electron chi connectivity index (χ4n) is 2.78. The number of nitrogens with zero attached hydrogens (tertiary/aromatic N) is 1. The maximum absolute atomic E-state index is 7.50. The smallest absolute Gasteiger partial charge is 0.0705 e. The minimum atomic E-state index is -2.08. The number of aryl methyl sites for hydroxylation is 1. The van der Waals surface area contributed by atoms with Crippen molar-refractivity contribution in [3.8, 4) is 22.4 Å². The topological polar surface area (TPSA) is 12.9 Å². The second-order valence-corrected chi connectivity index (χ2v) is 6.27. The first kappa shape index (κ1) is 12.1. The van der Waals surface area contributed by atoms with Crippen LogP contribution < -0.4 is 0 Å². The first-order chi connectivity index (χ1) is 12.3. The predicted octanol–water partition coefficient (Wildman–Crippen LogP) is 5.92. The third-order valence-corrected chi connectivity index (χ3v) is 3.88. The van der Waals surface area contributed by atoms with Gasteiger partial charge < -0.3 is 0 Å². The van der Waals surface area contributed by atoms with E-state index >= 15 is 0 Å². The van der Waals surface area contributed by atoms with Crippen LogP contribution in [0.2, 0.25) is 0 Å². The molecule has 3 aromatic rings. The maximum Gasteiger partial charge on any atom is 0.0705 e. The summed E-state index contributed by atoms with van der Waals surface area (Å²) in [6, 6.07) is 19.4. The standard InChI is InChI=1S/C22H23N/c1-16(2)13-20-14-22(19-11-9-17(3)10-12-19)23-15-21(20)18-7-5-4-6-8-18/h4-12,14-16H,13H2,1-3H3/i3D3. The lowest BCUT2D eigenvalue weighted by Crippen LogP contribution is -1.99. The van der Waals surface area contributed by atoms with Crippen molar-refractivity contribution in [2.45, 2.75) is 27.1 Å². The lowest BCUT2D eigenvalue weighted by atomic mass is 9.93. The molecule has 116 valence electrons. The number of aromatic nitrogens is 1. The lowest BCUT2D eigenvalue weighted by molar-refractivity contribution is 0.648. The van der Waals surface area contributed by atoms with Crippen LogP contribution in [0.15, 0.2) is 66.9 Å². The highest BCUT2D eigenvalue weighted by Gasteiger charge is 2.10. The van der Waals surface area contributed by atoms with E-state index in [2.05, 4.69) is 37.0 Å². The number of hydrogen-bond acceptors (Lipinski definition) is 1. The van der Waals surface area contributed by atoms with Crippen LogP contribution in [0, 0.1) is 12.8 Å². The van der Waals surface area contributed by atoms with Crippen molar-refractivity contribution in [2.24, 2.45) is 5.92 Å². The summed E-state index contributed by atoms with van der Waals surface area (Å²) >= 11 is 0. The average Bonchev–Trinajstić information content (AvgIpc) is 2.61. The summed E-state index contributed by atoms with van der Waals surface area (Å²) in [7, 11) is 0. The molecule has 0 spiro atoms. The Labute approximate surface area is 143 Å². The third kappa shape index (κ3) is 3.68. The first-order valence-corrected chi connectivity index (χ1v) is 8.00. The summed E-state index contributed by atoms with van der Waals surface area (Å²) in [6.45, 7) is 2.34. The molecule has 0 bridgehead atoms. The molecule has 0 aliphatic heterocycles. The minimum absolute atomic E-state index is 0.351. The van der Waals surface area contributed by atoms with E-state index in [1.807, 2.05) is 36.5 Å². The zero-order valence-electron chi connectivity index (χ0n) is 16.6. The Morgan fingerprint density at radius 1 is 0.957 bits per heavy atom. The van der Waals surface area contributed by atoms with E-state index in [1.165, 1.54) is 11.1 Å². The van der Waals surface area contributed by atoms with Gasteiger partial charge in [0.25, 0.3) is 0 Å². The van der Waals surface area contributed by atoms with Gasteiger partial charge in [0.05, 0.1) is 5.69 Å². The Morgan fingerprint density at radius 2 is 1.70 bits per heavy atom. The molecule has 1 nitrogen and oxygen atoms in total. The third-order valence-electron chi connectivity index (χ3n) is 3.88. The first-order valence-electron chi connectivity index (χ1n) is 9.50. The van der Waals surface area contributed by atoms with Crippen LogP contribution in [0.4, 0.5) is 0 Å². The van der Waals surface area contributed by atoms with Gasteiger partial charge in [0.15, 0.2) is 0 Å². The largest absolute Gasteiger partial charge is 0.256 e. The van der Waals surface area contributed by atoms with Crippen molar-refractivity contribution in [2.75, 3.05) is 0 Å². The quantitative estimate of drug-likeness (QED) is 0.583. The molecule has 0 aliphatic carbocycles. The van der Waals surface area contributed by atoms with Crippen LogP contribution in [0.25, 0.3) is 22.4 Å². The molecule has 1 heteroatoms. The van der Waals surface area contributed by atoms with Crippen molar-refractivity contribution in [1.29, 1.82) is 0 Å². The van der Waals surface area contributed by atoms with Crippen LogP contribution in [0.1, 0.15) is 29.1 Å². The van der Waals surface area contributed by atoms with Crippen LogP contribution in [-0.4, -0.2) is 4.98 Å². The van der Waals surface area contributed by atoms with Gasteiger partial charge in [-0.2, -0.15) is 0 Å². The monoisotopic (exact) mass is 304 g/mol. The second-order valence-electron chi connectivity index (χ2n) is 6.27. The molecule has 0 N–H and O–H groups in total. The number of rotatable bonds is 4. The molecule has 0 saturated heterocycles. The molecule has 1 heterocycles. The van der Waals surface area contributed by atoms with Gasteiger partial charge in [-0.25, -0.2) is 0 Å². The van der Waals surface area contributed by atoms with E-state index in [0.717, 1.165) is 23.2 Å². The molecule has 2 aromatic carbocycles. The van der Waals surface area contributed by atoms with Crippen LogP contribution >= 0.6 is 0 Å². The lowest BCUT2D eigenvalue weighted by Gasteiger charge is -2.14. The number of pyridine rings is 1. The molecule has 0 radical (unpaired) electrons. The molecular formula is C22H23N. The van der Waals surface area contributed by atoms with Crippen LogP contribution in [-0.2, 0) is 6.42 Å². The van der Waals surface area contributed by atoms with Gasteiger partial charge in [-0.1, -0.05) is 74.0 Å². The van der Waals surface area contributed by atoms with Gasteiger partial charge in [0.2, 0.25) is 0 Å². The molecule has 23 heavy (non-hydrogen) atoms. The molecule has 3 rings (SSSR count).